The van der Waals surface area contributed by atoms with Crippen molar-refractivity contribution < 1.29 is 9.18 Å². The van der Waals surface area contributed by atoms with E-state index in [0.29, 0.717) is 11.8 Å². The predicted octanol–water partition coefficient (Wildman–Crippen LogP) is 1.64. The van der Waals surface area contributed by atoms with Crippen LogP contribution in [0.4, 0.5) is 10.1 Å². The van der Waals surface area contributed by atoms with E-state index in [2.05, 4.69) is 4.90 Å². The second-order valence-corrected chi connectivity index (χ2v) is 4.09. The van der Waals surface area contributed by atoms with Crippen LogP contribution in [0.5, 0.6) is 0 Å². The van der Waals surface area contributed by atoms with Gasteiger partial charge in [-0.3, -0.25) is 4.79 Å². The number of halogens is 1. The summed E-state index contributed by atoms with van der Waals surface area (Å²) >= 11 is 0. The molecule has 1 aromatic rings. The Morgan fingerprint density at radius 3 is 2.44 bits per heavy atom. The van der Waals surface area contributed by atoms with Crippen molar-refractivity contribution in [3.05, 3.63) is 29.6 Å². The summed E-state index contributed by atoms with van der Waals surface area (Å²) in [6.07, 6.45) is 0.659. The summed E-state index contributed by atoms with van der Waals surface area (Å²) in [6.45, 7) is 1.66. The molecule has 0 aliphatic rings. The molecule has 88 valence electrons. The Morgan fingerprint density at radius 1 is 1.19 bits per heavy atom. The maximum absolute atomic E-state index is 13.2. The maximum Gasteiger partial charge on any atom is 0.150 e. The lowest BCUT2D eigenvalue weighted by atomic mass is 10.2. The van der Waals surface area contributed by atoms with Gasteiger partial charge in [0, 0.05) is 31.4 Å². The second-order valence-electron chi connectivity index (χ2n) is 4.09. The summed E-state index contributed by atoms with van der Waals surface area (Å²) in [5.41, 5.74) is 1.09. The van der Waals surface area contributed by atoms with Gasteiger partial charge in [-0.15, -0.1) is 0 Å². The minimum atomic E-state index is -0.378. The SMILES string of the molecule is CN(C)CCN(C)c1cc(F)cc(C=O)c1. The van der Waals surface area contributed by atoms with Crippen LogP contribution < -0.4 is 4.90 Å². The first-order valence-electron chi connectivity index (χ1n) is 5.14. The van der Waals surface area contributed by atoms with Crippen molar-refractivity contribution >= 4 is 12.0 Å². The van der Waals surface area contributed by atoms with Crippen LogP contribution in [-0.4, -0.2) is 45.4 Å². The molecule has 0 saturated heterocycles. The Kier molecular flexibility index (Phi) is 4.43. The minimum Gasteiger partial charge on any atom is -0.373 e. The van der Waals surface area contributed by atoms with E-state index < -0.39 is 0 Å². The number of likely N-dealkylation sites (N-methyl/N-ethyl adjacent to an activating group) is 2. The molecule has 0 N–H and O–H groups in total. The van der Waals surface area contributed by atoms with Crippen LogP contribution in [0.25, 0.3) is 0 Å². The molecule has 0 aliphatic carbocycles. The van der Waals surface area contributed by atoms with Gasteiger partial charge in [0.25, 0.3) is 0 Å². The molecule has 1 aromatic carbocycles. The van der Waals surface area contributed by atoms with E-state index in [1.807, 2.05) is 26.0 Å². The lowest BCUT2D eigenvalue weighted by Gasteiger charge is -2.21. The van der Waals surface area contributed by atoms with Gasteiger partial charge in [0.05, 0.1) is 0 Å². The molecule has 0 amide bonds. The quantitative estimate of drug-likeness (QED) is 0.710. The molecule has 0 aromatic heterocycles. The molecule has 3 nitrogen and oxygen atoms in total. The summed E-state index contributed by atoms with van der Waals surface area (Å²) in [7, 11) is 5.85. The molecule has 0 saturated carbocycles. The Balaban J connectivity index is 2.78. The van der Waals surface area contributed by atoms with Gasteiger partial charge in [0.1, 0.15) is 12.1 Å². The van der Waals surface area contributed by atoms with E-state index in [0.717, 1.165) is 18.8 Å². The van der Waals surface area contributed by atoms with Crippen LogP contribution in [0.1, 0.15) is 10.4 Å². The third-order valence-corrected chi connectivity index (χ3v) is 2.36. The molecule has 0 bridgehead atoms. The molecule has 0 fully saturated rings. The number of carbonyl (C=O) groups is 1. The number of carbonyl (C=O) groups excluding carboxylic acids is 1. The van der Waals surface area contributed by atoms with E-state index in [-0.39, 0.29) is 5.82 Å². The third-order valence-electron chi connectivity index (χ3n) is 2.36. The molecule has 0 aliphatic heterocycles. The number of benzene rings is 1. The average Bonchev–Trinajstić information content (AvgIpc) is 2.24. The molecule has 0 spiro atoms. The van der Waals surface area contributed by atoms with Crippen LogP contribution in [0.15, 0.2) is 18.2 Å². The van der Waals surface area contributed by atoms with Gasteiger partial charge in [0.2, 0.25) is 0 Å². The molecule has 16 heavy (non-hydrogen) atoms. The topological polar surface area (TPSA) is 23.6 Å². The van der Waals surface area contributed by atoms with Crippen molar-refractivity contribution in [3.63, 3.8) is 0 Å². The summed E-state index contributed by atoms with van der Waals surface area (Å²) in [5.74, 6) is -0.378. The molecule has 0 atom stereocenters. The van der Waals surface area contributed by atoms with Gasteiger partial charge in [-0.2, -0.15) is 0 Å². The fraction of sp³-hybridized carbons (Fsp3) is 0.417. The molecule has 0 unspecified atom stereocenters. The maximum atomic E-state index is 13.2. The van der Waals surface area contributed by atoms with Crippen LogP contribution in [-0.2, 0) is 0 Å². The van der Waals surface area contributed by atoms with E-state index in [9.17, 15) is 9.18 Å². The van der Waals surface area contributed by atoms with Crippen LogP contribution in [0, 0.1) is 5.82 Å². The fourth-order valence-corrected chi connectivity index (χ4v) is 1.36. The zero-order valence-corrected chi connectivity index (χ0v) is 9.90. The Hall–Kier alpha value is -1.42. The van der Waals surface area contributed by atoms with E-state index >= 15 is 0 Å². The monoisotopic (exact) mass is 224 g/mol. The highest BCUT2D eigenvalue weighted by Crippen LogP contribution is 2.16. The van der Waals surface area contributed by atoms with Crippen molar-refractivity contribution in [1.82, 2.24) is 4.90 Å². The highest BCUT2D eigenvalue weighted by atomic mass is 19.1. The Morgan fingerprint density at radius 2 is 1.88 bits per heavy atom. The first-order valence-corrected chi connectivity index (χ1v) is 5.14. The van der Waals surface area contributed by atoms with Gasteiger partial charge in [-0.05, 0) is 32.3 Å². The summed E-state index contributed by atoms with van der Waals surface area (Å²) in [4.78, 5) is 14.6. The number of rotatable bonds is 5. The smallest absolute Gasteiger partial charge is 0.150 e. The van der Waals surface area contributed by atoms with Crippen molar-refractivity contribution in [1.29, 1.82) is 0 Å². The molecule has 0 heterocycles. The number of nitrogens with zero attached hydrogens (tertiary/aromatic N) is 2. The largest absolute Gasteiger partial charge is 0.373 e. The average molecular weight is 224 g/mol. The normalized spacial score (nSPS) is 10.6. The molecule has 0 radical (unpaired) electrons. The first-order chi connectivity index (χ1) is 7.52. The number of anilines is 1. The predicted molar refractivity (Wildman–Crippen MR) is 63.6 cm³/mol. The minimum absolute atomic E-state index is 0.367. The summed E-state index contributed by atoms with van der Waals surface area (Å²) in [6, 6.07) is 4.35. The van der Waals surface area contributed by atoms with E-state index in [4.69, 9.17) is 0 Å². The Labute approximate surface area is 95.5 Å². The van der Waals surface area contributed by atoms with Gasteiger partial charge in [-0.1, -0.05) is 0 Å². The van der Waals surface area contributed by atoms with Crippen molar-refractivity contribution in [2.75, 3.05) is 39.1 Å². The van der Waals surface area contributed by atoms with Crippen molar-refractivity contribution in [2.24, 2.45) is 0 Å². The van der Waals surface area contributed by atoms with Gasteiger partial charge in [-0.25, -0.2) is 4.39 Å². The van der Waals surface area contributed by atoms with Crippen LogP contribution in [0.3, 0.4) is 0 Å². The summed E-state index contributed by atoms with van der Waals surface area (Å²) < 4.78 is 13.2. The molecular formula is C12H17FN2O. The Bertz CT molecular complexity index is 366. The van der Waals surface area contributed by atoms with Crippen LogP contribution in [0.2, 0.25) is 0 Å². The zero-order chi connectivity index (χ0) is 12.1. The van der Waals surface area contributed by atoms with E-state index in [1.54, 1.807) is 6.07 Å². The lowest BCUT2D eigenvalue weighted by molar-refractivity contribution is 0.112. The molecule has 4 heteroatoms. The van der Waals surface area contributed by atoms with Gasteiger partial charge >= 0.3 is 0 Å². The highest BCUT2D eigenvalue weighted by Gasteiger charge is 2.05. The lowest BCUT2D eigenvalue weighted by Crippen LogP contribution is -2.28. The van der Waals surface area contributed by atoms with Crippen molar-refractivity contribution in [2.45, 2.75) is 0 Å². The molecule has 1 rings (SSSR count). The number of aldehydes is 1. The third kappa shape index (κ3) is 3.62. The van der Waals surface area contributed by atoms with Crippen LogP contribution >= 0.6 is 0 Å². The van der Waals surface area contributed by atoms with Crippen molar-refractivity contribution in [3.8, 4) is 0 Å². The number of hydrogen-bond donors (Lipinski definition) is 0. The first kappa shape index (κ1) is 12.6. The second kappa shape index (κ2) is 5.61. The highest BCUT2D eigenvalue weighted by molar-refractivity contribution is 5.77. The van der Waals surface area contributed by atoms with E-state index in [1.165, 1.54) is 12.1 Å². The zero-order valence-electron chi connectivity index (χ0n) is 9.90. The van der Waals surface area contributed by atoms with Gasteiger partial charge < -0.3 is 9.80 Å². The summed E-state index contributed by atoms with van der Waals surface area (Å²) in [5, 5.41) is 0. The molecular weight excluding hydrogens is 207 g/mol. The standard InChI is InChI=1S/C12H17FN2O/c1-14(2)4-5-15(3)12-7-10(9-16)6-11(13)8-12/h6-9H,4-5H2,1-3H3. The fourth-order valence-electron chi connectivity index (χ4n) is 1.36. The number of hydrogen-bond acceptors (Lipinski definition) is 3. The van der Waals surface area contributed by atoms with Gasteiger partial charge in [0.15, 0.2) is 0 Å².